The molecule has 0 saturated heterocycles. The zero-order valence-corrected chi connectivity index (χ0v) is 50.5. The summed E-state index contributed by atoms with van der Waals surface area (Å²) in [5.41, 5.74) is 24.3. The Morgan fingerprint density at radius 2 is 0.649 bits per heavy atom. The largest absolute Gasteiger partial charge is 0.436 e. The third-order valence-electron chi connectivity index (χ3n) is 17.4. The van der Waals surface area contributed by atoms with Crippen LogP contribution in [0.1, 0.15) is 11.1 Å². The Balaban J connectivity index is 0.000000149. The number of hydrogen-bond acceptors (Lipinski definition) is 8. The number of nitriles is 2. The quantitative estimate of drug-likeness (QED) is 0.133. The number of pyridine rings is 2. The van der Waals surface area contributed by atoms with Crippen LogP contribution in [0.3, 0.4) is 0 Å². The first-order chi connectivity index (χ1) is 46.4. The van der Waals surface area contributed by atoms with E-state index in [1.165, 1.54) is 0 Å². The minimum Gasteiger partial charge on any atom is -0.436 e. The number of benzene rings is 13. The normalized spacial score (nSPS) is 11.2. The highest BCUT2D eigenvalue weighted by atomic mass is 16.4. The van der Waals surface area contributed by atoms with Crippen LogP contribution < -0.4 is 0 Å². The fourth-order valence-electron chi connectivity index (χ4n) is 12.8. The van der Waals surface area contributed by atoms with Gasteiger partial charge in [0.15, 0.2) is 11.2 Å². The predicted molar refractivity (Wildman–Crippen MR) is 380 cm³/mol. The van der Waals surface area contributed by atoms with Gasteiger partial charge in [-0.3, -0.25) is 9.97 Å². The number of rotatable bonds is 10. The van der Waals surface area contributed by atoms with E-state index in [4.69, 9.17) is 8.83 Å². The molecule has 0 N–H and O–H groups in total. The van der Waals surface area contributed by atoms with Crippen molar-refractivity contribution in [2.45, 2.75) is 0 Å². The fourth-order valence-corrected chi connectivity index (χ4v) is 12.8. The van der Waals surface area contributed by atoms with Crippen molar-refractivity contribution < 1.29 is 8.83 Å². The van der Waals surface area contributed by atoms with Crippen molar-refractivity contribution in [2.75, 3.05) is 0 Å². The Hall–Kier alpha value is -13.1. The average Bonchev–Trinajstić information content (AvgIpc) is 0.987. The third kappa shape index (κ3) is 10.9. The van der Waals surface area contributed by atoms with Crippen molar-refractivity contribution in [3.63, 3.8) is 0 Å². The lowest BCUT2D eigenvalue weighted by Crippen LogP contribution is -1.89. The van der Waals surface area contributed by atoms with Crippen LogP contribution in [0.4, 0.5) is 0 Å². The van der Waals surface area contributed by atoms with E-state index >= 15 is 0 Å². The third-order valence-corrected chi connectivity index (χ3v) is 17.4. The number of aromatic nitrogens is 4. The number of nitrogens with zero attached hydrogens (tertiary/aromatic N) is 6. The lowest BCUT2D eigenvalue weighted by Gasteiger charge is -2.14. The minimum absolute atomic E-state index is 0.612. The highest BCUT2D eigenvalue weighted by molar-refractivity contribution is 6.07. The summed E-state index contributed by atoms with van der Waals surface area (Å²) in [5, 5.41) is 25.7. The van der Waals surface area contributed by atoms with Gasteiger partial charge in [-0.1, -0.05) is 200 Å². The van der Waals surface area contributed by atoms with Gasteiger partial charge in [0, 0.05) is 40.0 Å². The lowest BCUT2D eigenvalue weighted by molar-refractivity contribution is 0.619. The summed E-state index contributed by atoms with van der Waals surface area (Å²) in [4.78, 5) is 18.4. The maximum atomic E-state index is 10.1. The Morgan fingerprint density at radius 1 is 0.266 bits per heavy atom. The molecule has 8 heteroatoms. The summed E-state index contributed by atoms with van der Waals surface area (Å²) in [6, 6.07) is 108. The molecule has 8 nitrogen and oxygen atoms in total. The van der Waals surface area contributed by atoms with E-state index in [1.54, 1.807) is 6.20 Å². The highest BCUT2D eigenvalue weighted by Gasteiger charge is 2.17. The van der Waals surface area contributed by atoms with Gasteiger partial charge in [0.25, 0.3) is 0 Å². The van der Waals surface area contributed by atoms with Gasteiger partial charge in [-0.05, 0) is 197 Å². The van der Waals surface area contributed by atoms with Crippen LogP contribution in [0, 0.1) is 22.7 Å². The highest BCUT2D eigenvalue weighted by Crippen LogP contribution is 2.42. The first-order valence-corrected chi connectivity index (χ1v) is 31.0. The molecule has 0 aliphatic carbocycles. The molecule has 0 bridgehead atoms. The van der Waals surface area contributed by atoms with Crippen molar-refractivity contribution in [1.82, 2.24) is 19.9 Å². The summed E-state index contributed by atoms with van der Waals surface area (Å²) >= 11 is 0. The molecule has 94 heavy (non-hydrogen) atoms. The molecular weight excluding hydrogens is 1150 g/mol. The van der Waals surface area contributed by atoms with Crippen molar-refractivity contribution in [3.05, 3.63) is 327 Å². The topological polar surface area (TPSA) is 125 Å². The van der Waals surface area contributed by atoms with Crippen LogP contribution in [0.25, 0.3) is 167 Å². The van der Waals surface area contributed by atoms with Gasteiger partial charge in [0.05, 0.1) is 34.5 Å². The van der Waals surface area contributed by atoms with Gasteiger partial charge >= 0.3 is 0 Å². The zero-order valence-electron chi connectivity index (χ0n) is 50.5. The molecule has 438 valence electrons. The summed E-state index contributed by atoms with van der Waals surface area (Å²) in [6.07, 6.45) is 3.64. The van der Waals surface area contributed by atoms with Crippen LogP contribution in [0.2, 0.25) is 0 Å². The Bertz CT molecular complexity index is 5730. The molecule has 0 unspecified atom stereocenters. The Kier molecular flexibility index (Phi) is 14.5. The minimum atomic E-state index is 0.612. The van der Waals surface area contributed by atoms with E-state index in [2.05, 4.69) is 238 Å². The van der Waals surface area contributed by atoms with Gasteiger partial charge < -0.3 is 8.83 Å². The molecule has 0 aliphatic heterocycles. The Morgan fingerprint density at radius 3 is 1.11 bits per heavy atom. The second-order valence-electron chi connectivity index (χ2n) is 23.1. The molecular formula is C86H52N6O2. The molecule has 17 rings (SSSR count). The van der Waals surface area contributed by atoms with Crippen molar-refractivity contribution >= 4 is 54.6 Å². The molecule has 0 radical (unpaired) electrons. The SMILES string of the molecule is N#Cc1cc(-c2ccc(-c3cccc4cccnc34)cc2)cc(-c2ccc(-c3ccc(-c4nc5ccccc5o4)cc3)c3ccccc23)c1.N#Cc1cc(-c2ccc(-c3ccccn3)cc2)cc(-c2ccc(-c3ccc(-c4nc5ccccc5o4)cc3)c3ccccc23)c1. The predicted octanol–water partition coefficient (Wildman–Crippen LogP) is 22.3. The summed E-state index contributed by atoms with van der Waals surface area (Å²) < 4.78 is 12.0. The molecule has 0 aliphatic rings. The second kappa shape index (κ2) is 24.3. The van der Waals surface area contributed by atoms with Crippen LogP contribution in [-0.2, 0) is 0 Å². The molecule has 0 spiro atoms. The molecule has 0 saturated carbocycles. The number of para-hydroxylation sites is 5. The van der Waals surface area contributed by atoms with Crippen LogP contribution in [0.5, 0.6) is 0 Å². The van der Waals surface area contributed by atoms with E-state index in [9.17, 15) is 10.5 Å². The second-order valence-corrected chi connectivity index (χ2v) is 23.1. The zero-order chi connectivity index (χ0) is 62.9. The first kappa shape index (κ1) is 56.1. The first-order valence-electron chi connectivity index (χ1n) is 31.0. The van der Waals surface area contributed by atoms with Gasteiger partial charge in [-0.15, -0.1) is 0 Å². The van der Waals surface area contributed by atoms with E-state index in [0.29, 0.717) is 22.9 Å². The monoisotopic (exact) mass is 1200 g/mol. The van der Waals surface area contributed by atoms with Crippen molar-refractivity contribution in [3.8, 4) is 124 Å². The van der Waals surface area contributed by atoms with Crippen molar-refractivity contribution in [2.24, 2.45) is 0 Å². The summed E-state index contributed by atoms with van der Waals surface area (Å²) in [7, 11) is 0. The summed E-state index contributed by atoms with van der Waals surface area (Å²) in [6.45, 7) is 0. The average molecular weight is 1200 g/mol. The van der Waals surface area contributed by atoms with Gasteiger partial charge in [-0.2, -0.15) is 10.5 Å². The summed E-state index contributed by atoms with van der Waals surface area (Å²) in [5.74, 6) is 1.23. The molecule has 4 heterocycles. The van der Waals surface area contributed by atoms with Gasteiger partial charge in [-0.25, -0.2) is 9.97 Å². The molecule has 13 aromatic carbocycles. The van der Waals surface area contributed by atoms with Crippen molar-refractivity contribution in [1.29, 1.82) is 10.5 Å². The molecule has 0 atom stereocenters. The smallest absolute Gasteiger partial charge is 0.227 e. The van der Waals surface area contributed by atoms with Crippen LogP contribution in [0.15, 0.2) is 325 Å². The Labute approximate surface area is 541 Å². The number of hydrogen-bond donors (Lipinski definition) is 0. The van der Waals surface area contributed by atoms with Crippen LogP contribution >= 0.6 is 0 Å². The maximum Gasteiger partial charge on any atom is 0.227 e. The number of fused-ring (bicyclic) bond motifs is 5. The molecule has 0 fully saturated rings. The standard InChI is InChI=1S/C45H27N3O.C41H25N3O/c46-28-29-25-35(30-14-16-32(17-15-30)39-11-5-7-33-8-6-24-47-44(33)39)27-36(26-29)38-23-22-37(40-9-1-2-10-41(38)40)31-18-20-34(21-19-31)45-48-42-12-3-4-13-43(42)49-45;42-26-27-23-32(28-12-16-30(17-13-28)38-9-5-6-22-43-38)25-33(24-27)35-21-20-34(36-7-1-2-8-37(35)36)29-14-18-31(19-15-29)41-44-39-10-3-4-11-40(39)45-41/h1-27H;1-25H. The molecule has 17 aromatic rings. The maximum absolute atomic E-state index is 10.1. The van der Waals surface area contributed by atoms with E-state index in [-0.39, 0.29) is 0 Å². The lowest BCUT2D eigenvalue weighted by atomic mass is 9.89. The number of oxazole rings is 2. The molecule has 0 amide bonds. The van der Waals surface area contributed by atoms with Crippen LogP contribution in [-0.4, -0.2) is 19.9 Å². The molecule has 4 aromatic heterocycles. The fraction of sp³-hybridized carbons (Fsp3) is 0. The van der Waals surface area contributed by atoms with E-state index in [1.807, 2.05) is 103 Å². The van der Waals surface area contributed by atoms with E-state index in [0.717, 1.165) is 155 Å². The van der Waals surface area contributed by atoms with Gasteiger partial charge in [0.1, 0.15) is 11.0 Å². The van der Waals surface area contributed by atoms with E-state index < -0.39 is 0 Å². The van der Waals surface area contributed by atoms with Gasteiger partial charge in [0.2, 0.25) is 11.8 Å².